The average Bonchev–Trinajstić information content (AvgIpc) is 2.54. The highest BCUT2D eigenvalue weighted by Gasteiger charge is 2.02. The van der Waals surface area contributed by atoms with Gasteiger partial charge in [0.05, 0.1) is 0 Å². The Morgan fingerprint density at radius 2 is 1.30 bits per heavy atom. The van der Waals surface area contributed by atoms with E-state index in [1.165, 1.54) is 76.2 Å². The minimum atomic E-state index is 0.622. The summed E-state index contributed by atoms with van der Waals surface area (Å²) in [6.45, 7) is 11.3. The summed E-state index contributed by atoms with van der Waals surface area (Å²) in [6.07, 6.45) is 24.2. The van der Waals surface area contributed by atoms with Gasteiger partial charge in [-0.3, -0.25) is 0 Å². The van der Waals surface area contributed by atoms with Gasteiger partial charge in [0.15, 0.2) is 0 Å². The fraction of sp³-hybridized carbons (Fsp3) is 0.739. The lowest BCUT2D eigenvalue weighted by atomic mass is 9.96. The average molecular weight is 319 g/mol. The maximum Gasteiger partial charge on any atom is -0.00505 e. The van der Waals surface area contributed by atoms with Gasteiger partial charge in [-0.05, 0) is 58.8 Å². The zero-order valence-electron chi connectivity index (χ0n) is 16.7. The summed E-state index contributed by atoms with van der Waals surface area (Å²) in [5.41, 5.74) is 3.04. The lowest BCUT2D eigenvalue weighted by Crippen LogP contribution is -1.94. The highest BCUT2D eigenvalue weighted by Crippen LogP contribution is 2.18. The maximum atomic E-state index is 2.46. The van der Waals surface area contributed by atoms with Crippen LogP contribution >= 0.6 is 0 Å². The molecule has 0 heterocycles. The molecular formula is C23H42. The van der Waals surface area contributed by atoms with Crippen molar-refractivity contribution in [2.24, 2.45) is 5.92 Å². The molecule has 0 saturated carbocycles. The zero-order chi connectivity index (χ0) is 17.3. The molecule has 0 radical (unpaired) electrons. The second-order valence-electron chi connectivity index (χ2n) is 7.18. The van der Waals surface area contributed by atoms with E-state index in [2.05, 4.69) is 58.9 Å². The molecule has 0 fully saturated rings. The van der Waals surface area contributed by atoms with E-state index < -0.39 is 0 Å². The molecule has 0 spiro atoms. The minimum absolute atomic E-state index is 0.622. The summed E-state index contributed by atoms with van der Waals surface area (Å²) in [5, 5.41) is 0. The number of allylic oxidation sites excluding steroid dienone is 6. The molecule has 0 aromatic rings. The summed E-state index contributed by atoms with van der Waals surface area (Å²) < 4.78 is 0. The van der Waals surface area contributed by atoms with E-state index in [9.17, 15) is 0 Å². The first-order valence-corrected chi connectivity index (χ1v) is 10.1. The van der Waals surface area contributed by atoms with Crippen LogP contribution in [-0.2, 0) is 0 Å². The lowest BCUT2D eigenvalue weighted by Gasteiger charge is -2.10. The second-order valence-corrected chi connectivity index (χ2v) is 7.18. The third-order valence-corrected chi connectivity index (χ3v) is 4.67. The third kappa shape index (κ3) is 14.5. The van der Waals surface area contributed by atoms with E-state index in [1.54, 1.807) is 5.57 Å². The molecule has 0 bridgehead atoms. The first kappa shape index (κ1) is 22.2. The predicted molar refractivity (Wildman–Crippen MR) is 108 cm³/mol. The van der Waals surface area contributed by atoms with Crippen LogP contribution in [0.25, 0.3) is 0 Å². The number of unbranched alkanes of at least 4 members (excludes halogenated alkanes) is 7. The maximum absolute atomic E-state index is 2.46. The van der Waals surface area contributed by atoms with Crippen molar-refractivity contribution in [3.05, 3.63) is 35.5 Å². The second kappa shape index (κ2) is 16.1. The Hall–Kier alpha value is -0.780. The first-order valence-electron chi connectivity index (χ1n) is 10.1. The summed E-state index contributed by atoms with van der Waals surface area (Å²) in [7, 11) is 0. The Morgan fingerprint density at radius 3 is 1.87 bits per heavy atom. The van der Waals surface area contributed by atoms with E-state index in [1.807, 2.05) is 0 Å². The van der Waals surface area contributed by atoms with Crippen LogP contribution in [0.4, 0.5) is 0 Å². The monoisotopic (exact) mass is 318 g/mol. The van der Waals surface area contributed by atoms with Crippen LogP contribution in [0.2, 0.25) is 0 Å². The smallest absolute Gasteiger partial charge is 0.00505 e. The van der Waals surface area contributed by atoms with Crippen molar-refractivity contribution in [1.82, 2.24) is 0 Å². The van der Waals surface area contributed by atoms with Gasteiger partial charge in [0.2, 0.25) is 0 Å². The Labute approximate surface area is 147 Å². The molecule has 0 aromatic heterocycles. The number of rotatable bonds is 14. The summed E-state index contributed by atoms with van der Waals surface area (Å²) in [4.78, 5) is 0. The van der Waals surface area contributed by atoms with Crippen LogP contribution < -0.4 is 0 Å². The molecule has 1 unspecified atom stereocenters. The van der Waals surface area contributed by atoms with E-state index >= 15 is 0 Å². The lowest BCUT2D eigenvalue weighted by molar-refractivity contribution is 0.634. The van der Waals surface area contributed by atoms with Gasteiger partial charge in [0.25, 0.3) is 0 Å². The molecule has 0 nitrogen and oxygen atoms in total. The van der Waals surface area contributed by atoms with E-state index in [0.717, 1.165) is 0 Å². The van der Waals surface area contributed by atoms with Crippen LogP contribution in [-0.4, -0.2) is 0 Å². The highest BCUT2D eigenvalue weighted by molar-refractivity contribution is 5.09. The normalized spacial score (nSPS) is 13.1. The Kier molecular flexibility index (Phi) is 15.5. The van der Waals surface area contributed by atoms with Gasteiger partial charge >= 0.3 is 0 Å². The standard InChI is InChI=1S/C23H42/c1-6-8-10-12-13-14-16-18-23(17-15-11-9-7-2)20-19-22(5)21(3)4/h15-18,23H,6-14,19-20H2,1-5H3. The first-order chi connectivity index (χ1) is 11.1. The van der Waals surface area contributed by atoms with Crippen LogP contribution in [0.15, 0.2) is 35.5 Å². The quantitative estimate of drug-likeness (QED) is 0.223. The van der Waals surface area contributed by atoms with Crippen LogP contribution in [0.3, 0.4) is 0 Å². The number of hydrogen-bond donors (Lipinski definition) is 0. The highest BCUT2D eigenvalue weighted by atomic mass is 14.1. The minimum Gasteiger partial charge on any atom is -0.0879 e. The molecule has 0 aromatic carbocycles. The van der Waals surface area contributed by atoms with Crippen molar-refractivity contribution in [3.8, 4) is 0 Å². The van der Waals surface area contributed by atoms with E-state index in [-0.39, 0.29) is 0 Å². The van der Waals surface area contributed by atoms with Gasteiger partial charge in [0.1, 0.15) is 0 Å². The molecule has 0 rings (SSSR count). The van der Waals surface area contributed by atoms with Gasteiger partial charge in [-0.2, -0.15) is 0 Å². The van der Waals surface area contributed by atoms with Gasteiger partial charge in [-0.25, -0.2) is 0 Å². The van der Waals surface area contributed by atoms with Gasteiger partial charge in [-0.1, -0.05) is 87.8 Å². The van der Waals surface area contributed by atoms with Crippen molar-refractivity contribution in [3.63, 3.8) is 0 Å². The van der Waals surface area contributed by atoms with Crippen LogP contribution in [0.1, 0.15) is 105 Å². The molecule has 0 aliphatic rings. The van der Waals surface area contributed by atoms with Crippen LogP contribution in [0, 0.1) is 5.92 Å². The fourth-order valence-electron chi connectivity index (χ4n) is 2.62. The topological polar surface area (TPSA) is 0 Å². The van der Waals surface area contributed by atoms with E-state index in [4.69, 9.17) is 0 Å². The summed E-state index contributed by atoms with van der Waals surface area (Å²) >= 11 is 0. The van der Waals surface area contributed by atoms with Gasteiger partial charge in [-0.15, -0.1) is 0 Å². The molecule has 0 aliphatic carbocycles. The van der Waals surface area contributed by atoms with Crippen molar-refractivity contribution in [1.29, 1.82) is 0 Å². The largest absolute Gasteiger partial charge is 0.0879 e. The third-order valence-electron chi connectivity index (χ3n) is 4.67. The Balaban J connectivity index is 4.24. The summed E-state index contributed by atoms with van der Waals surface area (Å²) in [6, 6.07) is 0. The summed E-state index contributed by atoms with van der Waals surface area (Å²) in [5.74, 6) is 0.622. The fourth-order valence-corrected chi connectivity index (χ4v) is 2.62. The molecule has 0 heteroatoms. The SMILES string of the molecule is CCCCC=CC(C=CCCCCCCC)CCC(C)=C(C)C. The molecule has 0 amide bonds. The molecule has 23 heavy (non-hydrogen) atoms. The molecule has 0 N–H and O–H groups in total. The van der Waals surface area contributed by atoms with Crippen LogP contribution in [0.5, 0.6) is 0 Å². The predicted octanol–water partition coefficient (Wildman–Crippen LogP) is 8.40. The number of hydrogen-bond acceptors (Lipinski definition) is 0. The van der Waals surface area contributed by atoms with E-state index in [0.29, 0.717) is 5.92 Å². The molecule has 134 valence electrons. The van der Waals surface area contributed by atoms with Crippen molar-refractivity contribution >= 4 is 0 Å². The Morgan fingerprint density at radius 1 is 0.739 bits per heavy atom. The molecule has 0 saturated heterocycles. The molecule has 0 aliphatic heterocycles. The molecule has 1 atom stereocenters. The van der Waals surface area contributed by atoms with Crippen molar-refractivity contribution in [2.75, 3.05) is 0 Å². The zero-order valence-corrected chi connectivity index (χ0v) is 16.7. The van der Waals surface area contributed by atoms with Gasteiger partial charge < -0.3 is 0 Å². The van der Waals surface area contributed by atoms with Gasteiger partial charge in [0, 0.05) is 0 Å². The van der Waals surface area contributed by atoms with Crippen molar-refractivity contribution < 1.29 is 0 Å². The van der Waals surface area contributed by atoms with Crippen molar-refractivity contribution in [2.45, 2.75) is 105 Å². The Bertz CT molecular complexity index is 339. The molecular weight excluding hydrogens is 276 g/mol.